The number of ether oxygens (including phenoxy) is 1. The molecule has 0 aliphatic rings. The van der Waals surface area contributed by atoms with Crippen LogP contribution in [0.15, 0.2) is 48.5 Å². The third kappa shape index (κ3) is 6.24. The van der Waals surface area contributed by atoms with Gasteiger partial charge in [0.2, 0.25) is 5.91 Å². The molecule has 0 unspecified atom stereocenters. The van der Waals surface area contributed by atoms with Gasteiger partial charge in [0.25, 0.3) is 5.91 Å². The van der Waals surface area contributed by atoms with Crippen LogP contribution in [0.3, 0.4) is 0 Å². The first-order chi connectivity index (χ1) is 12.6. The average molecular weight is 354 g/mol. The van der Waals surface area contributed by atoms with Crippen LogP contribution in [0.25, 0.3) is 0 Å². The van der Waals surface area contributed by atoms with Crippen molar-refractivity contribution in [2.75, 3.05) is 17.2 Å². The molecule has 0 atom stereocenters. The van der Waals surface area contributed by atoms with E-state index in [1.54, 1.807) is 36.4 Å². The van der Waals surface area contributed by atoms with Gasteiger partial charge in [-0.05, 0) is 61.9 Å². The molecule has 0 fully saturated rings. The third-order valence-electron chi connectivity index (χ3n) is 3.86. The Morgan fingerprint density at radius 2 is 1.46 bits per heavy atom. The molecule has 0 aromatic heterocycles. The van der Waals surface area contributed by atoms with Crippen molar-refractivity contribution in [1.82, 2.24) is 0 Å². The van der Waals surface area contributed by atoms with E-state index in [1.165, 1.54) is 0 Å². The van der Waals surface area contributed by atoms with Crippen LogP contribution in [-0.4, -0.2) is 18.4 Å². The van der Waals surface area contributed by atoms with Gasteiger partial charge in [-0.3, -0.25) is 9.59 Å². The summed E-state index contributed by atoms with van der Waals surface area (Å²) in [6.07, 6.45) is 3.56. The monoisotopic (exact) mass is 354 g/mol. The minimum atomic E-state index is -0.199. The minimum Gasteiger partial charge on any atom is -0.494 e. The molecule has 0 heterocycles. The predicted molar refractivity (Wildman–Crippen MR) is 105 cm³/mol. The van der Waals surface area contributed by atoms with Crippen molar-refractivity contribution in [2.45, 2.75) is 39.5 Å². The van der Waals surface area contributed by atoms with Crippen LogP contribution in [0, 0.1) is 0 Å². The molecular formula is C21H26N2O3. The Morgan fingerprint density at radius 3 is 2.08 bits per heavy atom. The van der Waals surface area contributed by atoms with Crippen LogP contribution in [0.1, 0.15) is 49.9 Å². The molecule has 2 rings (SSSR count). The number of hydrogen-bond donors (Lipinski definition) is 2. The highest BCUT2D eigenvalue weighted by Gasteiger charge is 2.07. The lowest BCUT2D eigenvalue weighted by Crippen LogP contribution is -2.13. The molecule has 2 amide bonds. The maximum absolute atomic E-state index is 12.3. The number of rotatable bonds is 9. The van der Waals surface area contributed by atoms with Crippen molar-refractivity contribution in [3.8, 4) is 5.75 Å². The minimum absolute atomic E-state index is 0.00467. The normalized spacial score (nSPS) is 10.2. The molecule has 5 nitrogen and oxygen atoms in total. The van der Waals surface area contributed by atoms with Crippen LogP contribution in [0.2, 0.25) is 0 Å². The maximum atomic E-state index is 12.3. The lowest BCUT2D eigenvalue weighted by Gasteiger charge is -2.08. The van der Waals surface area contributed by atoms with Gasteiger partial charge in [-0.1, -0.05) is 19.8 Å². The molecule has 5 heteroatoms. The predicted octanol–water partition coefficient (Wildman–Crippen LogP) is 4.86. The molecule has 138 valence electrons. The van der Waals surface area contributed by atoms with Gasteiger partial charge < -0.3 is 15.4 Å². The molecule has 0 aliphatic carbocycles. The summed E-state index contributed by atoms with van der Waals surface area (Å²) in [6.45, 7) is 4.63. The zero-order valence-electron chi connectivity index (χ0n) is 15.4. The maximum Gasteiger partial charge on any atom is 0.255 e. The Balaban J connectivity index is 1.88. The van der Waals surface area contributed by atoms with Gasteiger partial charge >= 0.3 is 0 Å². The SMILES string of the molecule is CCCCCC(=O)Nc1ccc(C(=O)Nc2ccc(OCC)cc2)cc1. The fourth-order valence-corrected chi connectivity index (χ4v) is 2.47. The molecular weight excluding hydrogens is 328 g/mol. The fourth-order valence-electron chi connectivity index (χ4n) is 2.47. The summed E-state index contributed by atoms with van der Waals surface area (Å²) < 4.78 is 5.38. The Morgan fingerprint density at radius 1 is 0.846 bits per heavy atom. The molecule has 0 aliphatic heterocycles. The molecule has 26 heavy (non-hydrogen) atoms. The van der Waals surface area contributed by atoms with Crippen molar-refractivity contribution in [1.29, 1.82) is 0 Å². The van der Waals surface area contributed by atoms with E-state index in [4.69, 9.17) is 4.74 Å². The van der Waals surface area contributed by atoms with Gasteiger partial charge in [0.15, 0.2) is 0 Å². The second-order valence-electron chi connectivity index (χ2n) is 5.99. The smallest absolute Gasteiger partial charge is 0.255 e. The quantitative estimate of drug-likeness (QED) is 0.632. The van der Waals surface area contributed by atoms with Crippen molar-refractivity contribution < 1.29 is 14.3 Å². The van der Waals surface area contributed by atoms with Gasteiger partial charge in [-0.15, -0.1) is 0 Å². The average Bonchev–Trinajstić information content (AvgIpc) is 2.64. The van der Waals surface area contributed by atoms with Crippen LogP contribution in [0.4, 0.5) is 11.4 Å². The number of nitrogens with one attached hydrogen (secondary N) is 2. The van der Waals surface area contributed by atoms with E-state index in [-0.39, 0.29) is 11.8 Å². The van der Waals surface area contributed by atoms with Gasteiger partial charge in [0.1, 0.15) is 5.75 Å². The van der Waals surface area contributed by atoms with Crippen molar-refractivity contribution >= 4 is 23.2 Å². The molecule has 2 aromatic carbocycles. The summed E-state index contributed by atoms with van der Waals surface area (Å²) in [5.41, 5.74) is 1.93. The number of unbranched alkanes of at least 4 members (excludes halogenated alkanes) is 2. The highest BCUT2D eigenvalue weighted by molar-refractivity contribution is 6.04. The van der Waals surface area contributed by atoms with Gasteiger partial charge in [0, 0.05) is 23.4 Å². The van der Waals surface area contributed by atoms with Crippen molar-refractivity contribution in [3.05, 3.63) is 54.1 Å². The van der Waals surface area contributed by atoms with Crippen molar-refractivity contribution in [2.24, 2.45) is 0 Å². The first-order valence-corrected chi connectivity index (χ1v) is 9.06. The van der Waals surface area contributed by atoms with E-state index in [9.17, 15) is 9.59 Å². The van der Waals surface area contributed by atoms with E-state index in [0.29, 0.717) is 30.0 Å². The molecule has 0 saturated carbocycles. The van der Waals surface area contributed by atoms with Crippen LogP contribution >= 0.6 is 0 Å². The summed E-state index contributed by atoms with van der Waals surface area (Å²) in [4.78, 5) is 24.1. The molecule has 0 spiro atoms. The number of carbonyl (C=O) groups is 2. The van der Waals surface area contributed by atoms with Crippen LogP contribution in [-0.2, 0) is 4.79 Å². The fraction of sp³-hybridized carbons (Fsp3) is 0.333. The Labute approximate surface area is 154 Å². The molecule has 2 aromatic rings. The molecule has 0 bridgehead atoms. The lowest BCUT2D eigenvalue weighted by molar-refractivity contribution is -0.116. The van der Waals surface area contributed by atoms with E-state index < -0.39 is 0 Å². The van der Waals surface area contributed by atoms with Gasteiger partial charge in [0.05, 0.1) is 6.61 Å². The second-order valence-corrected chi connectivity index (χ2v) is 5.99. The van der Waals surface area contributed by atoms with E-state index in [0.717, 1.165) is 25.0 Å². The summed E-state index contributed by atoms with van der Waals surface area (Å²) >= 11 is 0. The number of carbonyl (C=O) groups excluding carboxylic acids is 2. The lowest BCUT2D eigenvalue weighted by atomic mass is 10.1. The first-order valence-electron chi connectivity index (χ1n) is 9.06. The van der Waals surface area contributed by atoms with E-state index >= 15 is 0 Å². The Hall–Kier alpha value is -2.82. The number of benzene rings is 2. The molecule has 0 saturated heterocycles. The topological polar surface area (TPSA) is 67.4 Å². The summed E-state index contributed by atoms with van der Waals surface area (Å²) in [5.74, 6) is 0.574. The zero-order chi connectivity index (χ0) is 18.8. The molecule has 2 N–H and O–H groups in total. The number of amides is 2. The summed E-state index contributed by atoms with van der Waals surface area (Å²) in [5, 5.41) is 5.69. The van der Waals surface area contributed by atoms with Gasteiger partial charge in [-0.25, -0.2) is 0 Å². The van der Waals surface area contributed by atoms with Crippen molar-refractivity contribution in [3.63, 3.8) is 0 Å². The van der Waals surface area contributed by atoms with E-state index in [2.05, 4.69) is 17.6 Å². The van der Waals surface area contributed by atoms with Gasteiger partial charge in [-0.2, -0.15) is 0 Å². The first kappa shape index (κ1) is 19.5. The highest BCUT2D eigenvalue weighted by atomic mass is 16.5. The summed E-state index contributed by atoms with van der Waals surface area (Å²) in [7, 11) is 0. The Kier molecular flexibility index (Phi) is 7.68. The standard InChI is InChI=1S/C21H26N2O3/c1-3-5-6-7-20(24)22-17-10-8-16(9-11-17)21(25)23-18-12-14-19(15-13-18)26-4-2/h8-15H,3-7H2,1-2H3,(H,22,24)(H,23,25). The van der Waals surface area contributed by atoms with E-state index in [1.807, 2.05) is 19.1 Å². The second kappa shape index (κ2) is 10.2. The third-order valence-corrected chi connectivity index (χ3v) is 3.86. The largest absolute Gasteiger partial charge is 0.494 e. The summed E-state index contributed by atoms with van der Waals surface area (Å²) in [6, 6.07) is 14.1. The number of anilines is 2. The number of hydrogen-bond acceptors (Lipinski definition) is 3. The molecule has 0 radical (unpaired) electrons. The highest BCUT2D eigenvalue weighted by Crippen LogP contribution is 2.17. The zero-order valence-corrected chi connectivity index (χ0v) is 15.4. The Bertz CT molecular complexity index is 709. The van der Waals surface area contributed by atoms with Crippen LogP contribution < -0.4 is 15.4 Å². The van der Waals surface area contributed by atoms with Crippen LogP contribution in [0.5, 0.6) is 5.75 Å².